The molecule has 0 radical (unpaired) electrons. The van der Waals surface area contributed by atoms with Crippen LogP contribution in [0.2, 0.25) is 0 Å². The van der Waals surface area contributed by atoms with E-state index in [-0.39, 0.29) is 12.4 Å². The summed E-state index contributed by atoms with van der Waals surface area (Å²) in [5, 5.41) is 0. The molecule has 0 aliphatic carbocycles. The van der Waals surface area contributed by atoms with E-state index in [4.69, 9.17) is 10.5 Å². The monoisotopic (exact) mass is 195 g/mol. The lowest BCUT2D eigenvalue weighted by atomic mass is 10.2. The first-order chi connectivity index (χ1) is 6.63. The summed E-state index contributed by atoms with van der Waals surface area (Å²) in [5.41, 5.74) is 7.04. The molecule has 1 aromatic rings. The van der Waals surface area contributed by atoms with Gasteiger partial charge in [0.15, 0.2) is 0 Å². The Balaban J connectivity index is 2.80. The summed E-state index contributed by atoms with van der Waals surface area (Å²) < 4.78 is 18.2. The average molecular weight is 195 g/mol. The standard InChI is InChI=1S/C11H14FNO/c1-8(2)7-14-11-4-3-10(12)5-9(11)6-13/h3-5H,1,6-7,13H2,2H3. The summed E-state index contributed by atoms with van der Waals surface area (Å²) in [5.74, 6) is 0.324. The third-order valence-corrected chi connectivity index (χ3v) is 1.72. The molecule has 76 valence electrons. The van der Waals surface area contributed by atoms with Gasteiger partial charge in [-0.15, -0.1) is 0 Å². The summed E-state index contributed by atoms with van der Waals surface area (Å²) in [6, 6.07) is 4.32. The van der Waals surface area contributed by atoms with Crippen molar-refractivity contribution < 1.29 is 9.13 Å². The van der Waals surface area contributed by atoms with Crippen molar-refractivity contribution in [1.29, 1.82) is 0 Å². The molecule has 0 aliphatic heterocycles. The van der Waals surface area contributed by atoms with E-state index in [1.165, 1.54) is 12.1 Å². The summed E-state index contributed by atoms with van der Waals surface area (Å²) in [6.45, 7) is 6.28. The molecule has 0 spiro atoms. The largest absolute Gasteiger partial charge is 0.489 e. The van der Waals surface area contributed by atoms with Gasteiger partial charge < -0.3 is 10.5 Å². The van der Waals surface area contributed by atoms with E-state index in [9.17, 15) is 4.39 Å². The van der Waals surface area contributed by atoms with E-state index < -0.39 is 0 Å². The smallest absolute Gasteiger partial charge is 0.124 e. The van der Waals surface area contributed by atoms with E-state index >= 15 is 0 Å². The molecule has 0 saturated carbocycles. The second-order valence-corrected chi connectivity index (χ2v) is 3.20. The zero-order valence-electron chi connectivity index (χ0n) is 8.22. The van der Waals surface area contributed by atoms with Crippen LogP contribution in [0.3, 0.4) is 0 Å². The minimum Gasteiger partial charge on any atom is -0.489 e. The highest BCUT2D eigenvalue weighted by molar-refractivity contribution is 5.34. The van der Waals surface area contributed by atoms with Crippen LogP contribution in [-0.2, 0) is 6.54 Å². The molecule has 2 nitrogen and oxygen atoms in total. The van der Waals surface area contributed by atoms with E-state index in [0.717, 1.165) is 5.57 Å². The third kappa shape index (κ3) is 2.85. The van der Waals surface area contributed by atoms with Crippen molar-refractivity contribution in [2.45, 2.75) is 13.5 Å². The number of hydrogen-bond acceptors (Lipinski definition) is 2. The Labute approximate surface area is 83.2 Å². The minimum absolute atomic E-state index is 0.267. The number of halogens is 1. The highest BCUT2D eigenvalue weighted by Gasteiger charge is 2.03. The second kappa shape index (κ2) is 4.77. The van der Waals surface area contributed by atoms with Gasteiger partial charge in [0.1, 0.15) is 18.2 Å². The summed E-state index contributed by atoms with van der Waals surface area (Å²) >= 11 is 0. The van der Waals surface area contributed by atoms with E-state index in [1.807, 2.05) is 6.92 Å². The third-order valence-electron chi connectivity index (χ3n) is 1.72. The molecule has 0 atom stereocenters. The van der Waals surface area contributed by atoms with Gasteiger partial charge in [-0.3, -0.25) is 0 Å². The lowest BCUT2D eigenvalue weighted by Gasteiger charge is -2.09. The molecule has 0 fully saturated rings. The van der Waals surface area contributed by atoms with Crippen LogP contribution in [0.4, 0.5) is 4.39 Å². The van der Waals surface area contributed by atoms with Gasteiger partial charge in [0, 0.05) is 12.1 Å². The lowest BCUT2D eigenvalue weighted by Crippen LogP contribution is -2.04. The van der Waals surface area contributed by atoms with E-state index in [1.54, 1.807) is 6.07 Å². The average Bonchev–Trinajstić information content (AvgIpc) is 2.15. The Morgan fingerprint density at radius 3 is 2.86 bits per heavy atom. The molecule has 0 aromatic heterocycles. The van der Waals surface area contributed by atoms with E-state index in [2.05, 4.69) is 6.58 Å². The van der Waals surface area contributed by atoms with Crippen LogP contribution in [0.5, 0.6) is 5.75 Å². The Morgan fingerprint density at radius 2 is 2.29 bits per heavy atom. The van der Waals surface area contributed by atoms with Crippen molar-refractivity contribution in [2.75, 3.05) is 6.61 Å². The molecule has 0 bridgehead atoms. The van der Waals surface area contributed by atoms with Gasteiger partial charge in [0.05, 0.1) is 0 Å². The molecule has 1 aromatic carbocycles. The lowest BCUT2D eigenvalue weighted by molar-refractivity contribution is 0.348. The first-order valence-electron chi connectivity index (χ1n) is 4.39. The topological polar surface area (TPSA) is 35.2 Å². The number of rotatable bonds is 4. The predicted molar refractivity (Wildman–Crippen MR) is 54.6 cm³/mol. The van der Waals surface area contributed by atoms with Crippen molar-refractivity contribution in [3.63, 3.8) is 0 Å². The number of nitrogens with two attached hydrogens (primary N) is 1. The molecule has 1 rings (SSSR count). The van der Waals surface area contributed by atoms with Gasteiger partial charge in [-0.25, -0.2) is 4.39 Å². The molecule has 14 heavy (non-hydrogen) atoms. The molecule has 0 amide bonds. The minimum atomic E-state index is -0.298. The Morgan fingerprint density at radius 1 is 1.57 bits per heavy atom. The maximum Gasteiger partial charge on any atom is 0.124 e. The number of ether oxygens (including phenoxy) is 1. The van der Waals surface area contributed by atoms with Crippen molar-refractivity contribution in [3.8, 4) is 5.75 Å². The molecule has 2 N–H and O–H groups in total. The first-order valence-corrected chi connectivity index (χ1v) is 4.39. The summed E-state index contributed by atoms with van der Waals surface area (Å²) in [4.78, 5) is 0. The first kappa shape index (κ1) is 10.7. The van der Waals surface area contributed by atoms with Crippen LogP contribution in [0.1, 0.15) is 12.5 Å². The van der Waals surface area contributed by atoms with Crippen molar-refractivity contribution >= 4 is 0 Å². The maximum absolute atomic E-state index is 12.8. The van der Waals surface area contributed by atoms with Crippen LogP contribution < -0.4 is 10.5 Å². The van der Waals surface area contributed by atoms with Gasteiger partial charge in [-0.05, 0) is 30.7 Å². The zero-order chi connectivity index (χ0) is 10.6. The maximum atomic E-state index is 12.8. The highest BCUT2D eigenvalue weighted by Crippen LogP contribution is 2.19. The van der Waals surface area contributed by atoms with Gasteiger partial charge in [-0.2, -0.15) is 0 Å². The van der Waals surface area contributed by atoms with Crippen molar-refractivity contribution in [2.24, 2.45) is 5.73 Å². The second-order valence-electron chi connectivity index (χ2n) is 3.20. The van der Waals surface area contributed by atoms with Crippen LogP contribution in [-0.4, -0.2) is 6.61 Å². The molecule has 0 heterocycles. The predicted octanol–water partition coefficient (Wildman–Crippen LogP) is 2.24. The Hall–Kier alpha value is -1.35. The van der Waals surface area contributed by atoms with Crippen LogP contribution in [0.15, 0.2) is 30.4 Å². The molecular formula is C11H14FNO. The molecule has 0 aliphatic rings. The van der Waals surface area contributed by atoms with Crippen molar-refractivity contribution in [3.05, 3.63) is 41.7 Å². The van der Waals surface area contributed by atoms with Gasteiger partial charge >= 0.3 is 0 Å². The molecule has 3 heteroatoms. The van der Waals surface area contributed by atoms with Crippen LogP contribution in [0, 0.1) is 5.82 Å². The van der Waals surface area contributed by atoms with E-state index in [0.29, 0.717) is 17.9 Å². The fourth-order valence-corrected chi connectivity index (χ4v) is 1.05. The molecular weight excluding hydrogens is 181 g/mol. The highest BCUT2D eigenvalue weighted by atomic mass is 19.1. The van der Waals surface area contributed by atoms with Gasteiger partial charge in [0.2, 0.25) is 0 Å². The Kier molecular flexibility index (Phi) is 3.65. The fourth-order valence-electron chi connectivity index (χ4n) is 1.05. The van der Waals surface area contributed by atoms with Gasteiger partial charge in [0.25, 0.3) is 0 Å². The zero-order valence-corrected chi connectivity index (χ0v) is 8.22. The molecule has 0 saturated heterocycles. The SMILES string of the molecule is C=C(C)COc1ccc(F)cc1CN. The van der Waals surface area contributed by atoms with Crippen molar-refractivity contribution in [1.82, 2.24) is 0 Å². The Bertz CT molecular complexity index is 336. The number of benzene rings is 1. The van der Waals surface area contributed by atoms with Gasteiger partial charge in [-0.1, -0.05) is 6.58 Å². The van der Waals surface area contributed by atoms with Crippen LogP contribution in [0.25, 0.3) is 0 Å². The summed E-state index contributed by atoms with van der Waals surface area (Å²) in [6.07, 6.45) is 0. The fraction of sp³-hybridized carbons (Fsp3) is 0.273. The van der Waals surface area contributed by atoms with Crippen LogP contribution >= 0.6 is 0 Å². The normalized spacial score (nSPS) is 9.93. The summed E-state index contributed by atoms with van der Waals surface area (Å²) in [7, 11) is 0. The molecule has 0 unspecified atom stereocenters. The number of hydrogen-bond donors (Lipinski definition) is 1. The quantitative estimate of drug-likeness (QED) is 0.748.